The fourth-order valence-corrected chi connectivity index (χ4v) is 3.70. The lowest BCUT2D eigenvalue weighted by Gasteiger charge is -2.36. The maximum Gasteiger partial charge on any atom is 0.410 e. The first kappa shape index (κ1) is 22.4. The number of fused-ring (bicyclic) bond motifs is 1. The van der Waals surface area contributed by atoms with Crippen molar-refractivity contribution in [1.82, 2.24) is 24.4 Å². The van der Waals surface area contributed by atoms with E-state index in [4.69, 9.17) is 4.74 Å². The number of ether oxygens (including phenoxy) is 1. The number of alkyl halides is 2. The summed E-state index contributed by atoms with van der Waals surface area (Å²) in [6.07, 6.45) is 0.879. The van der Waals surface area contributed by atoms with Gasteiger partial charge in [-0.1, -0.05) is 0 Å². The third-order valence-electron chi connectivity index (χ3n) is 5.18. The van der Waals surface area contributed by atoms with Gasteiger partial charge in [0.1, 0.15) is 23.6 Å². The van der Waals surface area contributed by atoms with E-state index in [9.17, 15) is 18.8 Å². The summed E-state index contributed by atoms with van der Waals surface area (Å²) in [7, 11) is 0. The lowest BCUT2D eigenvalue weighted by atomic mass is 10.2. The van der Waals surface area contributed by atoms with Crippen LogP contribution in [0, 0.1) is 11.3 Å². The predicted molar refractivity (Wildman–Crippen MR) is 116 cm³/mol. The van der Waals surface area contributed by atoms with E-state index in [1.165, 1.54) is 35.4 Å². The van der Waals surface area contributed by atoms with Crippen LogP contribution in [0.1, 0.15) is 38.3 Å². The number of aromatic nitrogens is 4. The van der Waals surface area contributed by atoms with Crippen molar-refractivity contribution in [2.24, 2.45) is 0 Å². The molecule has 9 nitrogen and oxygen atoms in total. The fourth-order valence-electron chi connectivity index (χ4n) is 3.70. The zero-order valence-corrected chi connectivity index (χ0v) is 18.5. The Hall–Kier alpha value is -3.81. The van der Waals surface area contributed by atoms with Crippen molar-refractivity contribution in [2.45, 2.75) is 32.8 Å². The van der Waals surface area contributed by atoms with Gasteiger partial charge < -0.3 is 14.5 Å². The Balaban J connectivity index is 1.68. The molecule has 1 aliphatic heterocycles. The number of nitrogens with zero attached hydrogens (tertiary/aromatic N) is 7. The molecule has 0 unspecified atom stereocenters. The summed E-state index contributed by atoms with van der Waals surface area (Å²) in [5.41, 5.74) is -0.196. The molecule has 0 aliphatic carbocycles. The van der Waals surface area contributed by atoms with E-state index < -0.39 is 18.1 Å². The molecular weight excluding hydrogens is 432 g/mol. The highest BCUT2D eigenvalue weighted by atomic mass is 19.3. The van der Waals surface area contributed by atoms with E-state index in [1.54, 1.807) is 25.7 Å². The number of piperazine rings is 1. The van der Waals surface area contributed by atoms with Crippen LogP contribution in [0.5, 0.6) is 0 Å². The minimum absolute atomic E-state index is 0.223. The Labute approximate surface area is 189 Å². The highest BCUT2D eigenvalue weighted by Gasteiger charge is 2.29. The van der Waals surface area contributed by atoms with Crippen molar-refractivity contribution < 1.29 is 18.3 Å². The van der Waals surface area contributed by atoms with Crippen molar-refractivity contribution in [3.63, 3.8) is 0 Å². The van der Waals surface area contributed by atoms with Crippen LogP contribution in [-0.2, 0) is 4.74 Å². The van der Waals surface area contributed by atoms with Crippen molar-refractivity contribution in [3.8, 4) is 11.9 Å². The van der Waals surface area contributed by atoms with Gasteiger partial charge in [0.25, 0.3) is 6.43 Å². The summed E-state index contributed by atoms with van der Waals surface area (Å²) in [6.45, 7) is 6.96. The number of hydrogen-bond donors (Lipinski definition) is 0. The highest BCUT2D eigenvalue weighted by molar-refractivity contribution is 5.92. The first-order chi connectivity index (χ1) is 15.7. The van der Waals surface area contributed by atoms with Gasteiger partial charge in [0.15, 0.2) is 5.65 Å². The smallest absolute Gasteiger partial charge is 0.410 e. The summed E-state index contributed by atoms with van der Waals surface area (Å²) in [6, 6.07) is 5.07. The number of nitriles is 1. The molecule has 1 saturated heterocycles. The monoisotopic (exact) mass is 455 g/mol. The molecule has 0 saturated carbocycles. The maximum atomic E-state index is 14.0. The van der Waals surface area contributed by atoms with Gasteiger partial charge in [-0.15, -0.1) is 0 Å². The molecule has 1 fully saturated rings. The van der Waals surface area contributed by atoms with Gasteiger partial charge in [0, 0.05) is 44.1 Å². The minimum Gasteiger partial charge on any atom is -0.444 e. The topological polar surface area (TPSA) is 100 Å². The van der Waals surface area contributed by atoms with E-state index in [0.717, 1.165) is 0 Å². The number of amides is 1. The molecule has 4 heterocycles. The summed E-state index contributed by atoms with van der Waals surface area (Å²) in [5, 5.41) is 9.40. The normalized spacial score (nSPS) is 14.6. The van der Waals surface area contributed by atoms with Crippen LogP contribution in [-0.4, -0.2) is 62.3 Å². The summed E-state index contributed by atoms with van der Waals surface area (Å²) < 4.78 is 34.9. The molecule has 0 spiro atoms. The molecule has 172 valence electrons. The molecule has 3 aromatic heterocycles. The summed E-state index contributed by atoms with van der Waals surface area (Å²) in [5.74, 6) is 0.680. The van der Waals surface area contributed by atoms with Crippen molar-refractivity contribution in [2.75, 3.05) is 31.1 Å². The number of rotatable bonds is 3. The Morgan fingerprint density at radius 1 is 1.18 bits per heavy atom. The zero-order chi connectivity index (χ0) is 23.8. The number of carbonyl (C=O) groups is 1. The van der Waals surface area contributed by atoms with Crippen LogP contribution in [0.2, 0.25) is 0 Å². The molecule has 3 aromatic rings. The predicted octanol–water partition coefficient (Wildman–Crippen LogP) is 3.68. The van der Waals surface area contributed by atoms with Crippen molar-refractivity contribution in [1.29, 1.82) is 5.26 Å². The average molecular weight is 455 g/mol. The van der Waals surface area contributed by atoms with Crippen LogP contribution in [0.4, 0.5) is 19.4 Å². The molecule has 0 N–H and O–H groups in total. The molecule has 1 amide bonds. The van der Waals surface area contributed by atoms with E-state index in [-0.39, 0.29) is 16.6 Å². The van der Waals surface area contributed by atoms with Crippen LogP contribution >= 0.6 is 0 Å². The van der Waals surface area contributed by atoms with E-state index in [1.807, 2.05) is 11.0 Å². The second kappa shape index (κ2) is 8.61. The second-order valence-electron chi connectivity index (χ2n) is 8.62. The Kier molecular flexibility index (Phi) is 5.84. The van der Waals surface area contributed by atoms with E-state index in [0.29, 0.717) is 43.4 Å². The first-order valence-corrected chi connectivity index (χ1v) is 10.4. The third kappa shape index (κ3) is 4.55. The number of carbonyl (C=O) groups excluding carboxylic acids is 1. The number of halogens is 2. The van der Waals surface area contributed by atoms with Gasteiger partial charge in [0.2, 0.25) is 0 Å². The van der Waals surface area contributed by atoms with E-state index >= 15 is 0 Å². The zero-order valence-electron chi connectivity index (χ0n) is 18.5. The van der Waals surface area contributed by atoms with Gasteiger partial charge in [-0.05, 0) is 32.9 Å². The fraction of sp³-hybridized carbons (Fsp3) is 0.409. The highest BCUT2D eigenvalue weighted by Crippen LogP contribution is 2.35. The van der Waals surface area contributed by atoms with Crippen molar-refractivity contribution >= 4 is 22.9 Å². The molecule has 0 atom stereocenters. The van der Waals surface area contributed by atoms with Gasteiger partial charge in [-0.25, -0.2) is 28.5 Å². The Morgan fingerprint density at radius 2 is 1.91 bits per heavy atom. The number of anilines is 1. The van der Waals surface area contributed by atoms with Crippen LogP contribution in [0.15, 0.2) is 30.9 Å². The quantitative estimate of drug-likeness (QED) is 0.594. The summed E-state index contributed by atoms with van der Waals surface area (Å²) >= 11 is 0. The molecule has 1 aliphatic rings. The first-order valence-electron chi connectivity index (χ1n) is 10.4. The van der Waals surface area contributed by atoms with Crippen LogP contribution < -0.4 is 4.90 Å². The standard InChI is InChI=1S/C22H23F2N7O2/c1-22(2,3)33-21(32)30-8-6-29(7-9-30)19-17-15(18(23)24)12-31(20(17)28-13-27-19)16-10-14(11-25)4-5-26-16/h4-5,10,12-13,18H,6-9H2,1-3H3. The number of hydrogen-bond acceptors (Lipinski definition) is 7. The molecule has 0 bridgehead atoms. The second-order valence-corrected chi connectivity index (χ2v) is 8.62. The largest absolute Gasteiger partial charge is 0.444 e. The molecule has 11 heteroatoms. The van der Waals surface area contributed by atoms with Gasteiger partial charge >= 0.3 is 6.09 Å². The molecule has 33 heavy (non-hydrogen) atoms. The Bertz CT molecular complexity index is 1220. The molecule has 0 aromatic carbocycles. The average Bonchev–Trinajstić information content (AvgIpc) is 3.18. The Morgan fingerprint density at radius 3 is 2.55 bits per heavy atom. The third-order valence-corrected chi connectivity index (χ3v) is 5.18. The number of pyridine rings is 1. The molecule has 0 radical (unpaired) electrons. The van der Waals surface area contributed by atoms with Gasteiger partial charge in [-0.2, -0.15) is 5.26 Å². The van der Waals surface area contributed by atoms with Crippen molar-refractivity contribution in [3.05, 3.63) is 42.0 Å². The van der Waals surface area contributed by atoms with Gasteiger partial charge in [-0.3, -0.25) is 4.57 Å². The maximum absolute atomic E-state index is 14.0. The van der Waals surface area contributed by atoms with Gasteiger partial charge in [0.05, 0.1) is 17.0 Å². The minimum atomic E-state index is -2.76. The SMILES string of the molecule is CC(C)(C)OC(=O)N1CCN(c2ncnc3c2c(C(F)F)cn3-c2cc(C#N)ccn2)CC1. The lowest BCUT2D eigenvalue weighted by Crippen LogP contribution is -2.50. The lowest BCUT2D eigenvalue weighted by molar-refractivity contribution is 0.0240. The molecular formula is C22H23F2N7O2. The van der Waals surface area contributed by atoms with Crippen LogP contribution in [0.3, 0.4) is 0 Å². The summed E-state index contributed by atoms with van der Waals surface area (Å²) in [4.78, 5) is 28.6. The van der Waals surface area contributed by atoms with E-state index in [2.05, 4.69) is 15.0 Å². The van der Waals surface area contributed by atoms with Crippen LogP contribution in [0.25, 0.3) is 16.9 Å². The molecule has 4 rings (SSSR count).